The molecule has 0 aliphatic rings. The van der Waals surface area contributed by atoms with Crippen molar-refractivity contribution in [1.29, 1.82) is 0 Å². The van der Waals surface area contributed by atoms with Gasteiger partial charge in [0.15, 0.2) is 0 Å². The third-order valence-corrected chi connectivity index (χ3v) is 3.14. The predicted octanol–water partition coefficient (Wildman–Crippen LogP) is 0.339. The Kier molecular flexibility index (Phi) is 4.36. The zero-order valence-corrected chi connectivity index (χ0v) is 10.7. The first-order valence-corrected chi connectivity index (χ1v) is 5.86. The summed E-state index contributed by atoms with van der Waals surface area (Å²) in [5, 5.41) is 26.2. The van der Waals surface area contributed by atoms with Crippen LogP contribution < -0.4 is 11.1 Å². The zero-order chi connectivity index (χ0) is 13.1. The molecule has 0 spiro atoms. The lowest BCUT2D eigenvalue weighted by atomic mass is 9.98. The molecule has 5 N–H and O–H groups in total. The van der Waals surface area contributed by atoms with E-state index in [9.17, 15) is 10.2 Å². The van der Waals surface area contributed by atoms with E-state index in [1.54, 1.807) is 4.68 Å². The minimum absolute atomic E-state index is 0.159. The van der Waals surface area contributed by atoms with E-state index in [2.05, 4.69) is 10.4 Å². The minimum atomic E-state index is -0.756. The molecule has 1 aromatic heterocycles. The maximum Gasteiger partial charge on any atom is 0.148 e. The Labute approximate surface area is 101 Å². The summed E-state index contributed by atoms with van der Waals surface area (Å²) in [6.45, 7) is 6.05. The molecular formula is C11H22N4O2. The highest BCUT2D eigenvalue weighted by Crippen LogP contribution is 2.26. The molecular weight excluding hydrogens is 220 g/mol. The van der Waals surface area contributed by atoms with Gasteiger partial charge in [0.05, 0.1) is 30.1 Å². The monoisotopic (exact) mass is 242 g/mol. The van der Waals surface area contributed by atoms with Gasteiger partial charge in [-0.05, 0) is 20.3 Å². The highest BCUT2D eigenvalue weighted by Gasteiger charge is 2.29. The Morgan fingerprint density at radius 2 is 1.94 bits per heavy atom. The summed E-state index contributed by atoms with van der Waals surface area (Å²) in [6.07, 6.45) is 0.591. The van der Waals surface area contributed by atoms with Gasteiger partial charge >= 0.3 is 0 Å². The standard InChI is InChI=1S/C11H22N4O2/c1-4-11(6-16,7-17)13-10-9(12)8(3)14-15(10)5-2/h13,16-17H,4-7,12H2,1-3H3. The molecule has 98 valence electrons. The Morgan fingerprint density at radius 1 is 1.35 bits per heavy atom. The summed E-state index contributed by atoms with van der Waals surface area (Å²) >= 11 is 0. The van der Waals surface area contributed by atoms with Crippen LogP contribution in [0.2, 0.25) is 0 Å². The number of nitrogens with zero attached hydrogens (tertiary/aromatic N) is 2. The second-order valence-electron chi connectivity index (χ2n) is 4.24. The molecule has 0 aromatic carbocycles. The summed E-state index contributed by atoms with van der Waals surface area (Å²) in [7, 11) is 0. The quantitative estimate of drug-likeness (QED) is 0.577. The van der Waals surface area contributed by atoms with Gasteiger partial charge < -0.3 is 21.3 Å². The number of aliphatic hydroxyl groups excluding tert-OH is 2. The molecule has 0 saturated heterocycles. The first kappa shape index (κ1) is 13.8. The van der Waals surface area contributed by atoms with Crippen molar-refractivity contribution in [3.8, 4) is 0 Å². The first-order chi connectivity index (χ1) is 8.03. The Balaban J connectivity index is 3.08. The fraction of sp³-hybridized carbons (Fsp3) is 0.727. The fourth-order valence-electron chi connectivity index (χ4n) is 1.65. The molecule has 17 heavy (non-hydrogen) atoms. The highest BCUT2D eigenvalue weighted by molar-refractivity contribution is 5.65. The van der Waals surface area contributed by atoms with E-state index >= 15 is 0 Å². The number of hydrogen-bond acceptors (Lipinski definition) is 5. The van der Waals surface area contributed by atoms with E-state index in [-0.39, 0.29) is 13.2 Å². The van der Waals surface area contributed by atoms with Crippen LogP contribution in [0.5, 0.6) is 0 Å². The van der Waals surface area contributed by atoms with E-state index in [4.69, 9.17) is 5.73 Å². The number of nitrogens with two attached hydrogens (primary N) is 1. The van der Waals surface area contributed by atoms with Crippen molar-refractivity contribution in [3.05, 3.63) is 5.69 Å². The summed E-state index contributed by atoms with van der Waals surface area (Å²) in [5.41, 5.74) is 6.49. The van der Waals surface area contributed by atoms with Gasteiger partial charge in [0, 0.05) is 6.54 Å². The van der Waals surface area contributed by atoms with Gasteiger partial charge in [-0.1, -0.05) is 6.92 Å². The normalized spacial score (nSPS) is 11.8. The maximum absolute atomic E-state index is 9.41. The van der Waals surface area contributed by atoms with Crippen molar-refractivity contribution >= 4 is 11.5 Å². The highest BCUT2D eigenvalue weighted by atomic mass is 16.3. The van der Waals surface area contributed by atoms with E-state index < -0.39 is 5.54 Å². The molecule has 1 heterocycles. The maximum atomic E-state index is 9.41. The van der Waals surface area contributed by atoms with E-state index in [1.165, 1.54) is 0 Å². The molecule has 6 nitrogen and oxygen atoms in total. The molecule has 0 saturated carbocycles. The number of aromatic nitrogens is 2. The lowest BCUT2D eigenvalue weighted by Gasteiger charge is -2.31. The van der Waals surface area contributed by atoms with Crippen molar-refractivity contribution in [2.24, 2.45) is 0 Å². The number of nitrogens with one attached hydrogen (secondary N) is 1. The van der Waals surface area contributed by atoms with Crippen molar-refractivity contribution < 1.29 is 10.2 Å². The Morgan fingerprint density at radius 3 is 2.35 bits per heavy atom. The molecule has 0 aliphatic heterocycles. The minimum Gasteiger partial charge on any atom is -0.394 e. The van der Waals surface area contributed by atoms with Crippen LogP contribution >= 0.6 is 0 Å². The summed E-state index contributed by atoms with van der Waals surface area (Å²) in [6, 6.07) is 0. The van der Waals surface area contributed by atoms with E-state index in [1.807, 2.05) is 20.8 Å². The van der Waals surface area contributed by atoms with Gasteiger partial charge in [-0.25, -0.2) is 4.68 Å². The Hall–Kier alpha value is -1.27. The van der Waals surface area contributed by atoms with Crippen LogP contribution in [0.3, 0.4) is 0 Å². The zero-order valence-electron chi connectivity index (χ0n) is 10.7. The molecule has 0 atom stereocenters. The Bertz CT molecular complexity index is 364. The van der Waals surface area contributed by atoms with Gasteiger partial charge in [-0.2, -0.15) is 5.10 Å². The molecule has 0 bridgehead atoms. The average molecular weight is 242 g/mol. The molecule has 6 heteroatoms. The largest absolute Gasteiger partial charge is 0.394 e. The van der Waals surface area contributed by atoms with Crippen LogP contribution in [0.15, 0.2) is 0 Å². The molecule has 1 rings (SSSR count). The van der Waals surface area contributed by atoms with Gasteiger partial charge in [0.2, 0.25) is 0 Å². The second kappa shape index (κ2) is 5.37. The summed E-state index contributed by atoms with van der Waals surface area (Å²) in [4.78, 5) is 0. The van der Waals surface area contributed by atoms with Crippen LogP contribution in [0, 0.1) is 6.92 Å². The van der Waals surface area contributed by atoms with Gasteiger partial charge in [-0.15, -0.1) is 0 Å². The van der Waals surface area contributed by atoms with Gasteiger partial charge in [-0.3, -0.25) is 0 Å². The van der Waals surface area contributed by atoms with Crippen LogP contribution in [0.25, 0.3) is 0 Å². The second-order valence-corrected chi connectivity index (χ2v) is 4.24. The summed E-state index contributed by atoms with van der Waals surface area (Å²) in [5.74, 6) is 0.662. The van der Waals surface area contributed by atoms with Crippen LogP contribution in [0.1, 0.15) is 26.0 Å². The lowest BCUT2D eigenvalue weighted by Crippen LogP contribution is -2.46. The molecule has 0 fully saturated rings. The molecule has 1 aromatic rings. The number of rotatable bonds is 6. The van der Waals surface area contributed by atoms with E-state index in [0.29, 0.717) is 24.5 Å². The summed E-state index contributed by atoms with van der Waals surface area (Å²) < 4.78 is 1.74. The number of nitrogen functional groups attached to an aromatic ring is 1. The van der Waals surface area contributed by atoms with E-state index in [0.717, 1.165) is 5.69 Å². The number of aliphatic hydroxyl groups is 2. The first-order valence-electron chi connectivity index (χ1n) is 5.86. The SMILES string of the molecule is CCn1nc(C)c(N)c1NC(CC)(CO)CO. The van der Waals surface area contributed by atoms with Gasteiger partial charge in [0.25, 0.3) is 0 Å². The van der Waals surface area contributed by atoms with Crippen molar-refractivity contribution in [2.75, 3.05) is 24.3 Å². The topological polar surface area (TPSA) is 96.3 Å². The van der Waals surface area contributed by atoms with Crippen LogP contribution in [-0.4, -0.2) is 38.7 Å². The van der Waals surface area contributed by atoms with Crippen molar-refractivity contribution in [2.45, 2.75) is 39.3 Å². The number of anilines is 2. The van der Waals surface area contributed by atoms with Crippen molar-refractivity contribution in [3.63, 3.8) is 0 Å². The molecule has 0 amide bonds. The third kappa shape index (κ3) is 2.53. The molecule has 0 aliphatic carbocycles. The van der Waals surface area contributed by atoms with Gasteiger partial charge in [0.1, 0.15) is 5.82 Å². The van der Waals surface area contributed by atoms with Crippen molar-refractivity contribution in [1.82, 2.24) is 9.78 Å². The molecule has 0 radical (unpaired) electrons. The predicted molar refractivity (Wildman–Crippen MR) is 67.9 cm³/mol. The third-order valence-electron chi connectivity index (χ3n) is 3.14. The van der Waals surface area contributed by atoms with Crippen LogP contribution in [0.4, 0.5) is 11.5 Å². The fourth-order valence-corrected chi connectivity index (χ4v) is 1.65. The average Bonchev–Trinajstić information content (AvgIpc) is 2.63. The number of hydrogen-bond donors (Lipinski definition) is 4. The smallest absolute Gasteiger partial charge is 0.148 e. The lowest BCUT2D eigenvalue weighted by molar-refractivity contribution is 0.132. The number of aryl methyl sites for hydroxylation is 2. The van der Waals surface area contributed by atoms with Crippen LogP contribution in [-0.2, 0) is 6.54 Å². The molecule has 0 unspecified atom stereocenters.